The van der Waals surface area contributed by atoms with E-state index in [4.69, 9.17) is 4.74 Å². The quantitative estimate of drug-likeness (QED) is 0.907. The highest BCUT2D eigenvalue weighted by Gasteiger charge is 2.12. The van der Waals surface area contributed by atoms with E-state index < -0.39 is 0 Å². The zero-order chi connectivity index (χ0) is 17.0. The third-order valence-electron chi connectivity index (χ3n) is 3.41. The molecule has 0 radical (unpaired) electrons. The van der Waals surface area contributed by atoms with Gasteiger partial charge in [0.05, 0.1) is 12.8 Å². The lowest BCUT2D eigenvalue weighted by Crippen LogP contribution is -2.14. The second kappa shape index (κ2) is 6.96. The predicted octanol–water partition coefficient (Wildman–Crippen LogP) is 3.52. The fraction of sp³-hybridized carbons (Fsp3) is 0.222. The first-order valence-corrected chi connectivity index (χ1v) is 7.25. The number of carbonyl (C=O) groups excluding carboxylic acids is 2. The Kier molecular flexibility index (Phi) is 5.01. The van der Waals surface area contributed by atoms with E-state index in [0.717, 1.165) is 11.1 Å². The van der Waals surface area contributed by atoms with E-state index in [9.17, 15) is 9.59 Å². The second-order valence-electron chi connectivity index (χ2n) is 5.37. The van der Waals surface area contributed by atoms with Crippen molar-refractivity contribution in [2.75, 3.05) is 17.7 Å². The Morgan fingerprint density at radius 2 is 1.70 bits per heavy atom. The van der Waals surface area contributed by atoms with Crippen LogP contribution in [0, 0.1) is 13.8 Å². The molecule has 2 aromatic rings. The number of benzene rings is 2. The average Bonchev–Trinajstić information content (AvgIpc) is 2.49. The minimum atomic E-state index is -0.263. The lowest BCUT2D eigenvalue weighted by Gasteiger charge is -2.12. The molecule has 0 aliphatic rings. The average molecular weight is 312 g/mol. The maximum atomic E-state index is 12.5. The molecule has 5 heteroatoms. The summed E-state index contributed by atoms with van der Waals surface area (Å²) in [6, 6.07) is 10.7. The van der Waals surface area contributed by atoms with Crippen molar-refractivity contribution < 1.29 is 14.3 Å². The van der Waals surface area contributed by atoms with E-state index >= 15 is 0 Å². The summed E-state index contributed by atoms with van der Waals surface area (Å²) in [7, 11) is 1.56. The van der Waals surface area contributed by atoms with Crippen molar-refractivity contribution in [3.63, 3.8) is 0 Å². The maximum Gasteiger partial charge on any atom is 0.255 e. The molecule has 2 amide bonds. The summed E-state index contributed by atoms with van der Waals surface area (Å²) in [4.78, 5) is 23.7. The number of hydrogen-bond donors (Lipinski definition) is 2. The molecule has 0 aliphatic carbocycles. The molecule has 0 fully saturated rings. The fourth-order valence-corrected chi connectivity index (χ4v) is 2.20. The van der Waals surface area contributed by atoms with Gasteiger partial charge >= 0.3 is 0 Å². The molecular weight excluding hydrogens is 292 g/mol. The summed E-state index contributed by atoms with van der Waals surface area (Å²) in [6.45, 7) is 5.25. The molecule has 2 N–H and O–H groups in total. The van der Waals surface area contributed by atoms with E-state index in [0.29, 0.717) is 22.7 Å². The van der Waals surface area contributed by atoms with Crippen LogP contribution in [-0.4, -0.2) is 18.9 Å². The summed E-state index contributed by atoms with van der Waals surface area (Å²) in [5, 5.41) is 5.56. The number of nitrogens with one attached hydrogen (secondary N) is 2. The molecule has 0 unspecified atom stereocenters. The Morgan fingerprint density at radius 1 is 0.957 bits per heavy atom. The van der Waals surface area contributed by atoms with E-state index in [1.165, 1.54) is 6.92 Å². The van der Waals surface area contributed by atoms with Gasteiger partial charge in [0.2, 0.25) is 5.91 Å². The minimum Gasteiger partial charge on any atom is -0.495 e. The molecule has 0 spiro atoms. The van der Waals surface area contributed by atoms with Gasteiger partial charge in [-0.15, -0.1) is 0 Å². The summed E-state index contributed by atoms with van der Waals surface area (Å²) in [5.41, 5.74) is 3.61. The zero-order valence-corrected chi connectivity index (χ0v) is 13.7. The molecule has 0 heterocycles. The number of amides is 2. The van der Waals surface area contributed by atoms with E-state index in [1.54, 1.807) is 25.3 Å². The van der Waals surface area contributed by atoms with Crippen molar-refractivity contribution >= 4 is 23.2 Å². The van der Waals surface area contributed by atoms with Gasteiger partial charge in [0.1, 0.15) is 5.75 Å². The molecule has 0 aromatic heterocycles. The Hall–Kier alpha value is -2.82. The Bertz CT molecular complexity index is 754. The second-order valence-corrected chi connectivity index (χ2v) is 5.37. The molecule has 2 aromatic carbocycles. The highest BCUT2D eigenvalue weighted by atomic mass is 16.5. The SMILES string of the molecule is COc1ccc(C)cc1NC(=O)c1ccc(C)c(NC(C)=O)c1. The van der Waals surface area contributed by atoms with Gasteiger partial charge in [-0.3, -0.25) is 9.59 Å². The standard InChI is InChI=1S/C18H20N2O3/c1-11-5-8-17(23-4)16(9-11)20-18(22)14-7-6-12(2)15(10-14)19-13(3)21/h5-10H,1-4H3,(H,19,21)(H,20,22). The summed E-state index contributed by atoms with van der Waals surface area (Å²) in [5.74, 6) is 0.157. The first-order valence-electron chi connectivity index (χ1n) is 7.25. The van der Waals surface area contributed by atoms with Crippen molar-refractivity contribution in [3.8, 4) is 5.75 Å². The first-order chi connectivity index (χ1) is 10.9. The monoisotopic (exact) mass is 312 g/mol. The van der Waals surface area contributed by atoms with E-state index in [1.807, 2.05) is 32.0 Å². The third kappa shape index (κ3) is 4.10. The molecule has 0 atom stereocenters. The lowest BCUT2D eigenvalue weighted by molar-refractivity contribution is -0.114. The van der Waals surface area contributed by atoms with Gasteiger partial charge in [0, 0.05) is 18.2 Å². The first kappa shape index (κ1) is 16.5. The molecule has 0 aliphatic heterocycles. The van der Waals surface area contributed by atoms with Gasteiger partial charge in [-0.1, -0.05) is 12.1 Å². The van der Waals surface area contributed by atoms with Gasteiger partial charge < -0.3 is 15.4 Å². The molecule has 5 nitrogen and oxygen atoms in total. The maximum absolute atomic E-state index is 12.5. The highest BCUT2D eigenvalue weighted by Crippen LogP contribution is 2.26. The normalized spacial score (nSPS) is 10.1. The van der Waals surface area contributed by atoms with Crippen LogP contribution in [0.15, 0.2) is 36.4 Å². The smallest absolute Gasteiger partial charge is 0.255 e. The van der Waals surface area contributed by atoms with Gasteiger partial charge in [0.15, 0.2) is 0 Å². The third-order valence-corrected chi connectivity index (χ3v) is 3.41. The van der Waals surface area contributed by atoms with Gasteiger partial charge in [-0.25, -0.2) is 0 Å². The van der Waals surface area contributed by atoms with Gasteiger partial charge in [0.25, 0.3) is 5.91 Å². The largest absolute Gasteiger partial charge is 0.495 e. The molecule has 120 valence electrons. The van der Waals surface area contributed by atoms with Crippen LogP contribution in [0.3, 0.4) is 0 Å². The van der Waals surface area contributed by atoms with Crippen molar-refractivity contribution in [2.45, 2.75) is 20.8 Å². The number of aryl methyl sites for hydroxylation is 2. The predicted molar refractivity (Wildman–Crippen MR) is 91.2 cm³/mol. The molecular formula is C18H20N2O3. The van der Waals surface area contributed by atoms with Crippen LogP contribution in [0.5, 0.6) is 5.75 Å². The van der Waals surface area contributed by atoms with Gasteiger partial charge in [-0.2, -0.15) is 0 Å². The van der Waals surface area contributed by atoms with Crippen LogP contribution in [0.2, 0.25) is 0 Å². The highest BCUT2D eigenvalue weighted by molar-refractivity contribution is 6.06. The van der Waals surface area contributed by atoms with E-state index in [-0.39, 0.29) is 11.8 Å². The fourth-order valence-electron chi connectivity index (χ4n) is 2.20. The number of hydrogen-bond acceptors (Lipinski definition) is 3. The Balaban J connectivity index is 2.28. The number of rotatable bonds is 4. The van der Waals surface area contributed by atoms with Crippen LogP contribution < -0.4 is 15.4 Å². The van der Waals surface area contributed by atoms with Crippen LogP contribution in [0.4, 0.5) is 11.4 Å². The van der Waals surface area contributed by atoms with Gasteiger partial charge in [-0.05, 0) is 49.2 Å². The van der Waals surface area contributed by atoms with Crippen LogP contribution in [-0.2, 0) is 4.79 Å². The number of methoxy groups -OCH3 is 1. The minimum absolute atomic E-state index is 0.175. The molecule has 0 bridgehead atoms. The number of carbonyl (C=O) groups is 2. The topological polar surface area (TPSA) is 67.4 Å². The van der Waals surface area contributed by atoms with Crippen molar-refractivity contribution in [3.05, 3.63) is 53.1 Å². The number of anilines is 2. The Labute approximate surface area is 135 Å². The van der Waals surface area contributed by atoms with Crippen molar-refractivity contribution in [2.24, 2.45) is 0 Å². The molecule has 0 saturated carbocycles. The van der Waals surface area contributed by atoms with Crippen LogP contribution >= 0.6 is 0 Å². The Morgan fingerprint density at radius 3 is 2.35 bits per heavy atom. The van der Waals surface area contributed by atoms with Crippen molar-refractivity contribution in [1.29, 1.82) is 0 Å². The van der Waals surface area contributed by atoms with Crippen molar-refractivity contribution in [1.82, 2.24) is 0 Å². The summed E-state index contributed by atoms with van der Waals surface area (Å²) < 4.78 is 5.26. The molecule has 23 heavy (non-hydrogen) atoms. The zero-order valence-electron chi connectivity index (χ0n) is 13.7. The lowest BCUT2D eigenvalue weighted by atomic mass is 10.1. The van der Waals surface area contributed by atoms with Crippen LogP contribution in [0.25, 0.3) is 0 Å². The summed E-state index contributed by atoms with van der Waals surface area (Å²) in [6.07, 6.45) is 0. The number of ether oxygens (including phenoxy) is 1. The molecule has 0 saturated heterocycles. The summed E-state index contributed by atoms with van der Waals surface area (Å²) >= 11 is 0. The van der Waals surface area contributed by atoms with Crippen LogP contribution in [0.1, 0.15) is 28.4 Å². The molecule has 2 rings (SSSR count). The van der Waals surface area contributed by atoms with E-state index in [2.05, 4.69) is 10.6 Å².